The monoisotopic (exact) mass is 437 g/mol. The molecule has 0 unspecified atom stereocenters. The van der Waals surface area contributed by atoms with Crippen LogP contribution in [0.15, 0.2) is 100 Å². The normalized spacial score (nSPS) is 10.9. The molecule has 5 aromatic rings. The molecule has 0 spiro atoms. The smallest absolute Gasteiger partial charge is 0.349 e. The maximum Gasteiger partial charge on any atom is 0.349 e. The summed E-state index contributed by atoms with van der Waals surface area (Å²) in [7, 11) is 0. The number of carbonyl (C=O) groups excluding carboxylic acids is 1. The third-order valence-electron chi connectivity index (χ3n) is 5.26. The second-order valence-corrected chi connectivity index (χ2v) is 7.59. The quantitative estimate of drug-likeness (QED) is 0.390. The number of benzene rings is 3. The number of aromatic nitrogens is 2. The Labute approximate surface area is 188 Å². The van der Waals surface area contributed by atoms with Crippen LogP contribution in [0.25, 0.3) is 22.1 Å². The standard InChI is InChI=1S/C26H19N3O4/c30-23-11-5-9-19-13-22(26(32)33-24(19)23)25(31)28-21-10-4-8-18(12-21)20-14-27-29(16-20)15-17-6-2-1-3-7-17/h1-14,16,30H,15H2,(H,28,31). The summed E-state index contributed by atoms with van der Waals surface area (Å²) in [4.78, 5) is 25.1. The Morgan fingerprint density at radius 1 is 0.970 bits per heavy atom. The zero-order valence-corrected chi connectivity index (χ0v) is 17.4. The van der Waals surface area contributed by atoms with Gasteiger partial charge in [0.15, 0.2) is 11.3 Å². The van der Waals surface area contributed by atoms with Crippen LogP contribution in [0.1, 0.15) is 15.9 Å². The highest BCUT2D eigenvalue weighted by molar-refractivity contribution is 6.05. The molecule has 0 atom stereocenters. The number of anilines is 1. The minimum absolute atomic E-state index is 0.0496. The van der Waals surface area contributed by atoms with E-state index in [9.17, 15) is 14.7 Å². The third-order valence-corrected chi connectivity index (χ3v) is 5.26. The van der Waals surface area contributed by atoms with Gasteiger partial charge in [0.05, 0.1) is 12.7 Å². The van der Waals surface area contributed by atoms with Crippen LogP contribution in [0.4, 0.5) is 5.69 Å². The zero-order valence-electron chi connectivity index (χ0n) is 17.4. The fourth-order valence-electron chi connectivity index (χ4n) is 3.63. The predicted octanol–water partition coefficient (Wildman–Crippen LogP) is 4.66. The molecule has 0 fully saturated rings. The number of hydrogen-bond donors (Lipinski definition) is 2. The number of hydrogen-bond acceptors (Lipinski definition) is 5. The van der Waals surface area contributed by atoms with Gasteiger partial charge in [-0.2, -0.15) is 5.10 Å². The van der Waals surface area contributed by atoms with Crippen molar-refractivity contribution in [3.63, 3.8) is 0 Å². The van der Waals surface area contributed by atoms with Gasteiger partial charge >= 0.3 is 5.63 Å². The highest BCUT2D eigenvalue weighted by atomic mass is 16.4. The van der Waals surface area contributed by atoms with Crippen molar-refractivity contribution < 1.29 is 14.3 Å². The number of rotatable bonds is 5. The molecule has 0 aliphatic carbocycles. The van der Waals surface area contributed by atoms with Crippen molar-refractivity contribution in [3.8, 4) is 16.9 Å². The first-order valence-corrected chi connectivity index (χ1v) is 10.3. The first-order valence-electron chi connectivity index (χ1n) is 10.3. The molecule has 7 nitrogen and oxygen atoms in total. The lowest BCUT2D eigenvalue weighted by atomic mass is 10.1. The Kier molecular flexibility index (Phi) is 5.20. The van der Waals surface area contributed by atoms with E-state index in [0.29, 0.717) is 17.6 Å². The van der Waals surface area contributed by atoms with Gasteiger partial charge in [-0.25, -0.2) is 4.79 Å². The number of fused-ring (bicyclic) bond motifs is 1. The topological polar surface area (TPSA) is 97.4 Å². The maximum absolute atomic E-state index is 12.8. The lowest BCUT2D eigenvalue weighted by molar-refractivity contribution is 0.102. The lowest BCUT2D eigenvalue weighted by Gasteiger charge is -2.07. The minimum atomic E-state index is -0.820. The minimum Gasteiger partial charge on any atom is -0.504 e. The molecule has 2 N–H and O–H groups in total. The SMILES string of the molecule is O=C(Nc1cccc(-c2cnn(Cc3ccccc3)c2)c1)c1cc2cccc(O)c2oc1=O. The van der Waals surface area contributed by atoms with Crippen LogP contribution in [0.2, 0.25) is 0 Å². The maximum atomic E-state index is 12.8. The summed E-state index contributed by atoms with van der Waals surface area (Å²) < 4.78 is 7.00. The van der Waals surface area contributed by atoms with Gasteiger partial charge in [-0.15, -0.1) is 0 Å². The van der Waals surface area contributed by atoms with Gasteiger partial charge in [0.25, 0.3) is 5.91 Å². The summed E-state index contributed by atoms with van der Waals surface area (Å²) in [5.41, 5.74) is 2.55. The molecule has 5 rings (SSSR count). The van der Waals surface area contributed by atoms with Gasteiger partial charge in [0.1, 0.15) is 5.56 Å². The molecule has 0 aliphatic heterocycles. The summed E-state index contributed by atoms with van der Waals surface area (Å²) in [6.45, 7) is 0.657. The third kappa shape index (κ3) is 4.24. The van der Waals surface area contributed by atoms with E-state index in [1.807, 2.05) is 59.4 Å². The Morgan fingerprint density at radius 3 is 2.64 bits per heavy atom. The van der Waals surface area contributed by atoms with Crippen LogP contribution in [-0.4, -0.2) is 20.8 Å². The molecule has 0 saturated heterocycles. The number of nitrogens with zero attached hydrogens (tertiary/aromatic N) is 2. The van der Waals surface area contributed by atoms with E-state index >= 15 is 0 Å². The average Bonchev–Trinajstić information content (AvgIpc) is 3.29. The molecule has 0 bridgehead atoms. The lowest BCUT2D eigenvalue weighted by Crippen LogP contribution is -2.20. The summed E-state index contributed by atoms with van der Waals surface area (Å²) >= 11 is 0. The van der Waals surface area contributed by atoms with E-state index in [2.05, 4.69) is 10.4 Å². The molecule has 33 heavy (non-hydrogen) atoms. The van der Waals surface area contributed by atoms with E-state index in [1.54, 1.807) is 24.4 Å². The highest BCUT2D eigenvalue weighted by Crippen LogP contribution is 2.25. The molecular weight excluding hydrogens is 418 g/mol. The van der Waals surface area contributed by atoms with E-state index in [4.69, 9.17) is 4.42 Å². The molecule has 2 aromatic heterocycles. The first-order chi connectivity index (χ1) is 16.1. The Balaban J connectivity index is 1.37. The molecule has 162 valence electrons. The molecule has 3 aromatic carbocycles. The van der Waals surface area contributed by atoms with Crippen LogP contribution < -0.4 is 10.9 Å². The fourth-order valence-corrected chi connectivity index (χ4v) is 3.63. The highest BCUT2D eigenvalue weighted by Gasteiger charge is 2.16. The zero-order chi connectivity index (χ0) is 22.8. The van der Waals surface area contributed by atoms with Crippen molar-refractivity contribution >= 4 is 22.6 Å². The van der Waals surface area contributed by atoms with Crippen LogP contribution in [-0.2, 0) is 6.54 Å². The van der Waals surface area contributed by atoms with Crippen molar-refractivity contribution in [1.29, 1.82) is 0 Å². The Hall–Kier alpha value is -4.65. The average molecular weight is 437 g/mol. The van der Waals surface area contributed by atoms with Crippen LogP contribution in [0.5, 0.6) is 5.75 Å². The van der Waals surface area contributed by atoms with Crippen LogP contribution in [0, 0.1) is 0 Å². The van der Waals surface area contributed by atoms with Gasteiger partial charge in [-0.05, 0) is 35.4 Å². The second-order valence-electron chi connectivity index (χ2n) is 7.59. The van der Waals surface area contributed by atoms with Crippen molar-refractivity contribution in [2.45, 2.75) is 6.54 Å². The largest absolute Gasteiger partial charge is 0.504 e. The van der Waals surface area contributed by atoms with Gasteiger partial charge in [0.2, 0.25) is 0 Å². The summed E-state index contributed by atoms with van der Waals surface area (Å²) in [5, 5.41) is 17.5. The number of nitrogens with one attached hydrogen (secondary N) is 1. The second kappa shape index (κ2) is 8.47. The van der Waals surface area contributed by atoms with Crippen LogP contribution >= 0.6 is 0 Å². The number of phenolic OH excluding ortho intramolecular Hbond substituents is 1. The number of phenols is 1. The molecule has 0 saturated carbocycles. The predicted molar refractivity (Wildman–Crippen MR) is 125 cm³/mol. The Bertz CT molecular complexity index is 1520. The Morgan fingerprint density at radius 2 is 1.79 bits per heavy atom. The van der Waals surface area contributed by atoms with Crippen LogP contribution in [0.3, 0.4) is 0 Å². The van der Waals surface area contributed by atoms with Crippen molar-refractivity contribution in [1.82, 2.24) is 9.78 Å². The first kappa shape index (κ1) is 20.3. The van der Waals surface area contributed by atoms with Gasteiger partial charge in [0, 0.05) is 22.8 Å². The van der Waals surface area contributed by atoms with E-state index in [-0.39, 0.29) is 16.9 Å². The van der Waals surface area contributed by atoms with Crippen molar-refractivity contribution in [2.24, 2.45) is 0 Å². The van der Waals surface area contributed by atoms with E-state index in [1.165, 1.54) is 12.1 Å². The molecule has 1 amide bonds. The van der Waals surface area contributed by atoms with E-state index < -0.39 is 11.5 Å². The number of carbonyl (C=O) groups is 1. The molecule has 0 radical (unpaired) electrons. The van der Waals surface area contributed by atoms with Gasteiger partial charge in [-0.3, -0.25) is 9.48 Å². The van der Waals surface area contributed by atoms with Crippen molar-refractivity contribution in [2.75, 3.05) is 5.32 Å². The molecule has 0 aliphatic rings. The van der Waals surface area contributed by atoms with E-state index in [0.717, 1.165) is 16.7 Å². The molecular formula is C26H19N3O4. The van der Waals surface area contributed by atoms with Gasteiger partial charge in [-0.1, -0.05) is 54.6 Å². The number of aromatic hydroxyl groups is 1. The fraction of sp³-hybridized carbons (Fsp3) is 0.0385. The molecule has 7 heteroatoms. The summed E-state index contributed by atoms with van der Waals surface area (Å²) in [6.07, 6.45) is 3.71. The number of amides is 1. The van der Waals surface area contributed by atoms with Gasteiger partial charge < -0.3 is 14.8 Å². The molecule has 2 heterocycles. The van der Waals surface area contributed by atoms with Crippen molar-refractivity contribution in [3.05, 3.63) is 113 Å². The summed E-state index contributed by atoms with van der Waals surface area (Å²) in [5.74, 6) is -0.747. The summed E-state index contributed by atoms with van der Waals surface area (Å²) in [6, 6.07) is 23.4. The number of para-hydroxylation sites is 1.